The molecule has 5 rings (SSSR count). The number of nitrogens with zero attached hydrogens (tertiary/aromatic N) is 4. The minimum atomic E-state index is -5.37. The van der Waals surface area contributed by atoms with Gasteiger partial charge in [0.1, 0.15) is 23.1 Å². The molecule has 1 amide bonds. The molecule has 0 saturated carbocycles. The number of nitrogens with one attached hydrogen (secondary N) is 1. The Balaban J connectivity index is 1.83. The first-order valence-electron chi connectivity index (χ1n) is 13.9. The normalized spacial score (nSPS) is 11.7. The summed E-state index contributed by atoms with van der Waals surface area (Å²) in [5.74, 6) is -5.72. The number of carbonyl (C=O) groups excluding carboxylic acids is 1. The predicted octanol–water partition coefficient (Wildman–Crippen LogP) is 5.47. The highest BCUT2D eigenvalue weighted by Gasteiger charge is 2.44. The summed E-state index contributed by atoms with van der Waals surface area (Å²) < 4.78 is 86.8. The summed E-state index contributed by atoms with van der Waals surface area (Å²) in [4.78, 5) is 34.8. The zero-order chi connectivity index (χ0) is 34.2. The number of rotatable bonds is 8. The molecule has 0 aliphatic rings. The Kier molecular flexibility index (Phi) is 9.04. The Labute approximate surface area is 262 Å². The molecule has 0 fully saturated rings. The van der Waals surface area contributed by atoms with Crippen molar-refractivity contribution in [2.75, 3.05) is 23.4 Å². The van der Waals surface area contributed by atoms with E-state index in [1.165, 1.54) is 37.3 Å². The molecule has 9 nitrogen and oxygen atoms in total. The van der Waals surface area contributed by atoms with Gasteiger partial charge in [0.25, 0.3) is 5.56 Å². The first-order valence-corrected chi connectivity index (χ1v) is 13.9. The number of anilines is 3. The van der Waals surface area contributed by atoms with Gasteiger partial charge in [-0.1, -0.05) is 18.2 Å². The van der Waals surface area contributed by atoms with Gasteiger partial charge in [0.15, 0.2) is 5.65 Å². The molecule has 0 radical (unpaired) electrons. The second-order valence-electron chi connectivity index (χ2n) is 10.5. The molecule has 3 N–H and O–H groups in total. The van der Waals surface area contributed by atoms with Crippen molar-refractivity contribution in [3.8, 4) is 16.9 Å². The van der Waals surface area contributed by atoms with Crippen molar-refractivity contribution in [3.63, 3.8) is 0 Å². The van der Waals surface area contributed by atoms with Crippen LogP contribution in [0.3, 0.4) is 0 Å². The number of aryl methyl sites for hydroxylation is 2. The molecule has 47 heavy (non-hydrogen) atoms. The van der Waals surface area contributed by atoms with Gasteiger partial charge in [-0.25, -0.2) is 18.2 Å². The lowest BCUT2D eigenvalue weighted by Crippen LogP contribution is -2.38. The van der Waals surface area contributed by atoms with Gasteiger partial charge in [-0.2, -0.15) is 18.2 Å². The van der Waals surface area contributed by atoms with Crippen LogP contribution in [0.5, 0.6) is 0 Å². The van der Waals surface area contributed by atoms with E-state index in [1.54, 1.807) is 6.92 Å². The number of para-hydroxylation sites is 1. The molecule has 0 atom stereocenters. The van der Waals surface area contributed by atoms with Gasteiger partial charge in [-0.05, 0) is 67.4 Å². The maximum Gasteiger partial charge on any atom is 0.472 e. The van der Waals surface area contributed by atoms with Crippen molar-refractivity contribution in [2.45, 2.75) is 26.1 Å². The third-order valence-corrected chi connectivity index (χ3v) is 7.28. The molecular formula is C32H25F6N5O4. The molecule has 0 spiro atoms. The Morgan fingerprint density at radius 3 is 2.09 bits per heavy atom. The van der Waals surface area contributed by atoms with Crippen LogP contribution in [0, 0.1) is 31.3 Å². The van der Waals surface area contributed by atoms with Crippen LogP contribution in [-0.4, -0.2) is 56.1 Å². The predicted molar refractivity (Wildman–Crippen MR) is 161 cm³/mol. The number of halogens is 6. The van der Waals surface area contributed by atoms with E-state index in [0.29, 0.717) is 10.1 Å². The SMILES string of the molecule is Cc1ccc(N(C(=O)C(F)(F)F)c2ccc(C)c(-c3nc(NC(CO)CO)nc4c3ccc(=O)n4-c3c(F)cccc3F)c2)cc1F. The van der Waals surface area contributed by atoms with Gasteiger partial charge in [-0.3, -0.25) is 19.1 Å². The van der Waals surface area contributed by atoms with E-state index in [9.17, 15) is 46.1 Å². The topological polar surface area (TPSA) is 121 Å². The van der Waals surface area contributed by atoms with Crippen molar-refractivity contribution in [1.82, 2.24) is 14.5 Å². The minimum absolute atomic E-state index is 0.0117. The van der Waals surface area contributed by atoms with Crippen LogP contribution in [0.4, 0.5) is 43.7 Å². The first-order chi connectivity index (χ1) is 22.2. The molecule has 15 heteroatoms. The highest BCUT2D eigenvalue weighted by Crippen LogP contribution is 2.37. The molecule has 0 aliphatic heterocycles. The van der Waals surface area contributed by atoms with Crippen LogP contribution in [-0.2, 0) is 4.79 Å². The highest BCUT2D eigenvalue weighted by molar-refractivity contribution is 6.04. The van der Waals surface area contributed by atoms with E-state index in [1.807, 2.05) is 0 Å². The molecule has 0 saturated heterocycles. The molecule has 244 valence electrons. The standard InChI is InChI=1S/C32H25F6N5O4/c1-16-6-8-19(42(30(47)32(36,37)38)20-9-7-17(2)25(35)13-20)12-22(16)27-21-10-11-26(46)43(28-23(33)4-3-5-24(28)34)29(21)41-31(40-27)39-18(14-44)15-45/h3-13,18,44-45H,14-15H2,1-2H3,(H,39,40,41). The summed E-state index contributed by atoms with van der Waals surface area (Å²) in [5.41, 5.74) is -2.21. The number of aliphatic hydroxyl groups excluding tert-OH is 2. The smallest absolute Gasteiger partial charge is 0.394 e. The second kappa shape index (κ2) is 12.8. The van der Waals surface area contributed by atoms with Crippen molar-refractivity contribution in [1.29, 1.82) is 0 Å². The number of carbonyl (C=O) groups is 1. The Morgan fingerprint density at radius 1 is 0.872 bits per heavy atom. The van der Waals surface area contributed by atoms with Crippen molar-refractivity contribution in [3.05, 3.63) is 106 Å². The van der Waals surface area contributed by atoms with E-state index in [2.05, 4.69) is 15.3 Å². The number of alkyl halides is 3. The lowest BCUT2D eigenvalue weighted by atomic mass is 10.0. The summed E-state index contributed by atoms with van der Waals surface area (Å²) in [5, 5.41) is 22.0. The van der Waals surface area contributed by atoms with Crippen LogP contribution >= 0.6 is 0 Å². The molecule has 3 aromatic carbocycles. The van der Waals surface area contributed by atoms with Crippen molar-refractivity contribution >= 4 is 34.3 Å². The first kappa shape index (κ1) is 33.1. The molecule has 2 aromatic heterocycles. The van der Waals surface area contributed by atoms with E-state index in [0.717, 1.165) is 36.4 Å². The van der Waals surface area contributed by atoms with Gasteiger partial charge in [0.2, 0.25) is 5.95 Å². The number of pyridine rings is 1. The Hall–Kier alpha value is -5.28. The number of fused-ring (bicyclic) bond motifs is 1. The Bertz CT molecular complexity index is 2040. The lowest BCUT2D eigenvalue weighted by Gasteiger charge is -2.25. The number of hydrogen-bond acceptors (Lipinski definition) is 7. The molecule has 2 heterocycles. The van der Waals surface area contributed by atoms with E-state index < -0.39 is 65.7 Å². The Morgan fingerprint density at radius 2 is 1.49 bits per heavy atom. The summed E-state index contributed by atoms with van der Waals surface area (Å²) in [6, 6.07) is 11.1. The third kappa shape index (κ3) is 6.39. The van der Waals surface area contributed by atoms with Crippen LogP contribution < -0.4 is 15.8 Å². The zero-order valence-electron chi connectivity index (χ0n) is 24.6. The fourth-order valence-corrected chi connectivity index (χ4v) is 4.87. The molecular weight excluding hydrogens is 632 g/mol. The van der Waals surface area contributed by atoms with Crippen molar-refractivity contribution < 1.29 is 41.4 Å². The summed E-state index contributed by atoms with van der Waals surface area (Å²) in [6.07, 6.45) is -5.37. The zero-order valence-corrected chi connectivity index (χ0v) is 24.6. The number of aliphatic hydroxyl groups is 2. The van der Waals surface area contributed by atoms with Crippen LogP contribution in [0.1, 0.15) is 11.1 Å². The molecule has 0 bridgehead atoms. The van der Waals surface area contributed by atoms with Crippen molar-refractivity contribution in [2.24, 2.45) is 0 Å². The van der Waals surface area contributed by atoms with E-state index >= 15 is 0 Å². The highest BCUT2D eigenvalue weighted by atomic mass is 19.4. The van der Waals surface area contributed by atoms with Crippen LogP contribution in [0.25, 0.3) is 28.0 Å². The largest absolute Gasteiger partial charge is 0.472 e. The lowest BCUT2D eigenvalue weighted by molar-refractivity contribution is -0.169. The fraction of sp³-hybridized carbons (Fsp3) is 0.188. The quantitative estimate of drug-likeness (QED) is 0.189. The average molecular weight is 658 g/mol. The van der Waals surface area contributed by atoms with E-state index in [-0.39, 0.29) is 44.4 Å². The van der Waals surface area contributed by atoms with E-state index in [4.69, 9.17) is 0 Å². The summed E-state index contributed by atoms with van der Waals surface area (Å²) in [7, 11) is 0. The summed E-state index contributed by atoms with van der Waals surface area (Å²) in [6.45, 7) is 1.76. The maximum atomic E-state index is 15.0. The number of hydrogen-bond donors (Lipinski definition) is 3. The van der Waals surface area contributed by atoms with Gasteiger partial charge in [0.05, 0.1) is 30.6 Å². The van der Waals surface area contributed by atoms with Gasteiger partial charge in [0, 0.05) is 22.7 Å². The minimum Gasteiger partial charge on any atom is -0.394 e. The number of benzene rings is 3. The average Bonchev–Trinajstić information content (AvgIpc) is 3.02. The molecule has 0 aliphatic carbocycles. The van der Waals surface area contributed by atoms with Gasteiger partial charge >= 0.3 is 12.1 Å². The van der Waals surface area contributed by atoms with Crippen LogP contribution in [0.2, 0.25) is 0 Å². The second-order valence-corrected chi connectivity index (χ2v) is 10.5. The monoisotopic (exact) mass is 657 g/mol. The molecule has 5 aromatic rings. The van der Waals surface area contributed by atoms with Crippen LogP contribution in [0.15, 0.2) is 71.5 Å². The number of amides is 1. The molecule has 0 unspecified atom stereocenters. The third-order valence-electron chi connectivity index (χ3n) is 7.28. The fourth-order valence-electron chi connectivity index (χ4n) is 4.87. The maximum absolute atomic E-state index is 15.0. The van der Waals surface area contributed by atoms with Gasteiger partial charge < -0.3 is 15.5 Å². The summed E-state index contributed by atoms with van der Waals surface area (Å²) >= 11 is 0. The number of aromatic nitrogens is 3. The van der Waals surface area contributed by atoms with Gasteiger partial charge in [-0.15, -0.1) is 0 Å².